The van der Waals surface area contributed by atoms with Crippen molar-refractivity contribution in [3.8, 4) is 0 Å². The van der Waals surface area contributed by atoms with Crippen LogP contribution in [0.25, 0.3) is 0 Å². The molecule has 4 nitrogen and oxygen atoms in total. The fourth-order valence-corrected chi connectivity index (χ4v) is 2.92. The molecule has 1 fully saturated rings. The lowest BCUT2D eigenvalue weighted by atomic mass is 9.70. The molecule has 4 heteroatoms. The van der Waals surface area contributed by atoms with Gasteiger partial charge in [-0.3, -0.25) is 9.59 Å². The summed E-state index contributed by atoms with van der Waals surface area (Å²) in [6.45, 7) is 1.64. The summed E-state index contributed by atoms with van der Waals surface area (Å²) in [6.07, 6.45) is 3.04. The van der Waals surface area contributed by atoms with E-state index in [1.807, 2.05) is 30.3 Å². The zero-order chi connectivity index (χ0) is 16.0. The van der Waals surface area contributed by atoms with Crippen LogP contribution in [0.1, 0.15) is 51.0 Å². The molecule has 0 heterocycles. The maximum absolute atomic E-state index is 12.6. The van der Waals surface area contributed by atoms with Gasteiger partial charge in [-0.25, -0.2) is 0 Å². The molecule has 0 aliphatic heterocycles. The minimum Gasteiger partial charge on any atom is -0.460 e. The number of benzene rings is 1. The molecule has 1 aliphatic carbocycles. The lowest BCUT2D eigenvalue weighted by Gasteiger charge is -2.33. The Morgan fingerprint density at radius 2 is 1.91 bits per heavy atom. The second kappa shape index (κ2) is 7.34. The van der Waals surface area contributed by atoms with Crippen LogP contribution in [0.3, 0.4) is 0 Å². The summed E-state index contributed by atoms with van der Waals surface area (Å²) < 4.78 is 5.40. The van der Waals surface area contributed by atoms with Crippen LogP contribution in [-0.4, -0.2) is 17.5 Å². The molecule has 0 unspecified atom stereocenters. The molecule has 118 valence electrons. The number of ketones is 2. The summed E-state index contributed by atoms with van der Waals surface area (Å²) in [5.41, 5.74) is -0.223. The summed E-state index contributed by atoms with van der Waals surface area (Å²) in [5, 5.41) is 0. The van der Waals surface area contributed by atoms with Crippen molar-refractivity contribution in [2.24, 2.45) is 5.41 Å². The molecule has 0 amide bonds. The number of carbonyl (C=O) groups is 3. The van der Waals surface area contributed by atoms with Crippen LogP contribution in [0.5, 0.6) is 0 Å². The van der Waals surface area contributed by atoms with Crippen LogP contribution >= 0.6 is 0 Å². The van der Waals surface area contributed by atoms with Gasteiger partial charge >= 0.3 is 5.97 Å². The van der Waals surface area contributed by atoms with E-state index in [9.17, 15) is 14.4 Å². The Morgan fingerprint density at radius 1 is 1.18 bits per heavy atom. The Bertz CT molecular complexity index is 549. The predicted molar refractivity (Wildman–Crippen MR) is 82.1 cm³/mol. The van der Waals surface area contributed by atoms with Crippen molar-refractivity contribution in [2.45, 2.75) is 52.1 Å². The molecule has 1 aromatic rings. The van der Waals surface area contributed by atoms with Crippen LogP contribution in [-0.2, 0) is 25.7 Å². The third kappa shape index (κ3) is 3.81. The molecule has 0 aromatic heterocycles. The first-order chi connectivity index (χ1) is 10.5. The highest BCUT2D eigenvalue weighted by Crippen LogP contribution is 2.39. The van der Waals surface area contributed by atoms with Gasteiger partial charge in [0.15, 0.2) is 0 Å². The molecule has 1 saturated carbocycles. The van der Waals surface area contributed by atoms with Crippen LogP contribution in [0.2, 0.25) is 0 Å². The SMILES string of the molecule is CC(=O)CC[C@@]1(C(=O)OCc2ccccc2)CCCCC1=O. The molecule has 2 rings (SSSR count). The van der Waals surface area contributed by atoms with E-state index in [-0.39, 0.29) is 31.0 Å². The highest BCUT2D eigenvalue weighted by atomic mass is 16.5. The van der Waals surface area contributed by atoms with Crippen LogP contribution in [0, 0.1) is 5.41 Å². The highest BCUT2D eigenvalue weighted by Gasteiger charge is 2.47. The van der Waals surface area contributed by atoms with Crippen molar-refractivity contribution in [3.05, 3.63) is 35.9 Å². The summed E-state index contributed by atoms with van der Waals surface area (Å²) in [6, 6.07) is 9.39. The van der Waals surface area contributed by atoms with E-state index >= 15 is 0 Å². The van der Waals surface area contributed by atoms with Crippen molar-refractivity contribution >= 4 is 17.5 Å². The van der Waals surface area contributed by atoms with E-state index < -0.39 is 11.4 Å². The zero-order valence-corrected chi connectivity index (χ0v) is 13.0. The largest absolute Gasteiger partial charge is 0.460 e. The first-order valence-electron chi connectivity index (χ1n) is 7.78. The monoisotopic (exact) mass is 302 g/mol. The fourth-order valence-electron chi connectivity index (χ4n) is 2.92. The number of carbonyl (C=O) groups excluding carboxylic acids is 3. The smallest absolute Gasteiger partial charge is 0.319 e. The van der Waals surface area contributed by atoms with Crippen molar-refractivity contribution < 1.29 is 19.1 Å². The number of ether oxygens (including phenoxy) is 1. The number of esters is 1. The van der Waals surface area contributed by atoms with Crippen molar-refractivity contribution in [1.29, 1.82) is 0 Å². The molecular formula is C18H22O4. The molecule has 1 aliphatic rings. The molecule has 0 bridgehead atoms. The van der Waals surface area contributed by atoms with Gasteiger partial charge in [0.2, 0.25) is 0 Å². The Balaban J connectivity index is 2.08. The van der Waals surface area contributed by atoms with Gasteiger partial charge in [-0.2, -0.15) is 0 Å². The predicted octanol–water partition coefficient (Wildman–Crippen LogP) is 3.23. The number of hydrogen-bond acceptors (Lipinski definition) is 4. The van der Waals surface area contributed by atoms with Crippen molar-refractivity contribution in [3.63, 3.8) is 0 Å². The van der Waals surface area contributed by atoms with Gasteiger partial charge < -0.3 is 9.53 Å². The highest BCUT2D eigenvalue weighted by molar-refractivity contribution is 6.04. The maximum Gasteiger partial charge on any atom is 0.319 e. The molecule has 1 atom stereocenters. The standard InChI is InChI=1S/C18H22O4/c1-14(19)10-12-18(11-6-5-9-16(18)20)17(21)22-13-15-7-3-2-4-8-15/h2-4,7-8H,5-6,9-13H2,1H3/t18-/m0/s1. The lowest BCUT2D eigenvalue weighted by Crippen LogP contribution is -2.43. The molecule has 1 aromatic carbocycles. The minimum atomic E-state index is -1.11. The summed E-state index contributed by atoms with van der Waals surface area (Å²) in [4.78, 5) is 36.2. The summed E-state index contributed by atoms with van der Waals surface area (Å²) in [7, 11) is 0. The van der Waals surface area contributed by atoms with E-state index in [2.05, 4.69) is 0 Å². The first kappa shape index (κ1) is 16.4. The Labute approximate surface area is 130 Å². The van der Waals surface area contributed by atoms with E-state index in [0.29, 0.717) is 12.8 Å². The zero-order valence-electron chi connectivity index (χ0n) is 13.0. The van der Waals surface area contributed by atoms with Gasteiger partial charge in [0.05, 0.1) is 0 Å². The van der Waals surface area contributed by atoms with Crippen LogP contribution in [0.15, 0.2) is 30.3 Å². The number of hydrogen-bond donors (Lipinski definition) is 0. The second-order valence-corrected chi connectivity index (χ2v) is 5.98. The lowest BCUT2D eigenvalue weighted by molar-refractivity contribution is -0.164. The summed E-state index contributed by atoms with van der Waals surface area (Å²) >= 11 is 0. The Kier molecular flexibility index (Phi) is 5.47. The quantitative estimate of drug-likeness (QED) is 0.598. The van der Waals surface area contributed by atoms with Gasteiger partial charge in [-0.05, 0) is 31.7 Å². The number of rotatable bonds is 6. The van der Waals surface area contributed by atoms with Gasteiger partial charge in [0.25, 0.3) is 0 Å². The maximum atomic E-state index is 12.6. The van der Waals surface area contributed by atoms with Crippen molar-refractivity contribution in [1.82, 2.24) is 0 Å². The van der Waals surface area contributed by atoms with Crippen molar-refractivity contribution in [2.75, 3.05) is 0 Å². The number of Topliss-reactive ketones (excluding diaryl/α,β-unsaturated/α-hetero) is 2. The average Bonchev–Trinajstić information content (AvgIpc) is 2.53. The third-order valence-corrected chi connectivity index (χ3v) is 4.30. The summed E-state index contributed by atoms with van der Waals surface area (Å²) in [5.74, 6) is -0.547. The van der Waals surface area contributed by atoms with Crippen LogP contribution < -0.4 is 0 Å². The fraction of sp³-hybridized carbons (Fsp3) is 0.500. The Hall–Kier alpha value is -1.97. The average molecular weight is 302 g/mol. The second-order valence-electron chi connectivity index (χ2n) is 5.98. The van der Waals surface area contributed by atoms with E-state index in [0.717, 1.165) is 18.4 Å². The molecule has 0 spiro atoms. The van der Waals surface area contributed by atoms with Gasteiger partial charge in [-0.15, -0.1) is 0 Å². The van der Waals surface area contributed by atoms with E-state index in [1.165, 1.54) is 6.92 Å². The van der Waals surface area contributed by atoms with E-state index in [4.69, 9.17) is 4.74 Å². The molecule has 0 N–H and O–H groups in total. The molecule has 0 radical (unpaired) electrons. The molecule has 22 heavy (non-hydrogen) atoms. The van der Waals surface area contributed by atoms with Gasteiger partial charge in [0, 0.05) is 12.8 Å². The van der Waals surface area contributed by atoms with Crippen LogP contribution in [0.4, 0.5) is 0 Å². The topological polar surface area (TPSA) is 60.4 Å². The third-order valence-electron chi connectivity index (χ3n) is 4.30. The molecule has 0 saturated heterocycles. The van der Waals surface area contributed by atoms with Gasteiger partial charge in [-0.1, -0.05) is 36.8 Å². The minimum absolute atomic E-state index is 0.00592. The first-order valence-corrected chi connectivity index (χ1v) is 7.78. The molecular weight excluding hydrogens is 280 g/mol. The normalized spacial score (nSPS) is 21.4. The Morgan fingerprint density at radius 3 is 2.55 bits per heavy atom. The van der Waals surface area contributed by atoms with Gasteiger partial charge in [0.1, 0.15) is 23.6 Å². The van der Waals surface area contributed by atoms with E-state index in [1.54, 1.807) is 0 Å².